The largest absolute Gasteiger partial charge is 0.494 e. The van der Waals surface area contributed by atoms with E-state index in [1.165, 1.54) is 40.8 Å². The number of benzene rings is 1. The second kappa shape index (κ2) is 8.42. The second-order valence-electron chi connectivity index (χ2n) is 8.06. The summed E-state index contributed by atoms with van der Waals surface area (Å²) in [6.45, 7) is 0.806. The molecule has 2 N–H and O–H groups in total. The molecule has 0 saturated heterocycles. The van der Waals surface area contributed by atoms with Crippen molar-refractivity contribution in [1.82, 2.24) is 29.4 Å². The lowest BCUT2D eigenvalue weighted by Crippen LogP contribution is -2.29. The number of aromatic nitrogens is 6. The highest BCUT2D eigenvalue weighted by molar-refractivity contribution is 5.73. The molecule has 11 heteroatoms. The molecule has 5 rings (SSSR count). The highest BCUT2D eigenvalue weighted by atomic mass is 19.3. The first-order chi connectivity index (χ1) is 16.7. The monoisotopic (exact) mass is 479 g/mol. The van der Waals surface area contributed by atoms with Crippen molar-refractivity contribution in [3.05, 3.63) is 78.5 Å². The van der Waals surface area contributed by atoms with Crippen LogP contribution in [0.3, 0.4) is 0 Å². The molecule has 0 spiro atoms. The summed E-state index contributed by atoms with van der Waals surface area (Å²) in [5.74, 6) is -3.03. The topological polar surface area (TPSA) is 96.1 Å². The molecule has 4 heterocycles. The SMILES string of the molecule is COc1cn2nc(N)nc2cc1-c1cccc(-c2cnn([C@H](c3ccc(F)cc3)C(C)(F)F)c2)n1. The number of hydrogen-bond acceptors (Lipinski definition) is 6. The smallest absolute Gasteiger partial charge is 0.271 e. The molecule has 0 saturated carbocycles. The molecule has 0 radical (unpaired) electrons. The standard InChI is InChI=1S/C24H20F3N7O/c1-24(26,27)22(14-6-8-16(25)9-7-14)34-12-15(11-29-34)18-4-3-5-19(30-18)17-10-21-31-23(28)32-33(21)13-20(17)35-2/h3-13,22H,1-2H3,(H2,28,32)/t22-/m1/s1. The summed E-state index contributed by atoms with van der Waals surface area (Å²) in [6, 6.07) is 10.6. The second-order valence-corrected chi connectivity index (χ2v) is 8.06. The van der Waals surface area contributed by atoms with E-state index in [1.54, 1.807) is 30.5 Å². The highest BCUT2D eigenvalue weighted by Crippen LogP contribution is 2.36. The minimum Gasteiger partial charge on any atom is -0.494 e. The van der Waals surface area contributed by atoms with Gasteiger partial charge >= 0.3 is 0 Å². The van der Waals surface area contributed by atoms with E-state index in [2.05, 4.69) is 15.2 Å². The summed E-state index contributed by atoms with van der Waals surface area (Å²) in [6.07, 6.45) is 4.61. The van der Waals surface area contributed by atoms with Gasteiger partial charge in [0.2, 0.25) is 5.95 Å². The van der Waals surface area contributed by atoms with Gasteiger partial charge in [-0.3, -0.25) is 4.68 Å². The Kier molecular flexibility index (Phi) is 5.39. The van der Waals surface area contributed by atoms with Gasteiger partial charge in [0.15, 0.2) is 5.65 Å². The average molecular weight is 479 g/mol. The van der Waals surface area contributed by atoms with E-state index in [1.807, 2.05) is 0 Å². The predicted octanol–water partition coefficient (Wildman–Crippen LogP) is 4.63. The minimum absolute atomic E-state index is 0.127. The van der Waals surface area contributed by atoms with Crippen molar-refractivity contribution >= 4 is 11.6 Å². The first-order valence-electron chi connectivity index (χ1n) is 10.6. The molecule has 4 aromatic heterocycles. The molecule has 35 heavy (non-hydrogen) atoms. The lowest BCUT2D eigenvalue weighted by atomic mass is 10.0. The lowest BCUT2D eigenvalue weighted by molar-refractivity contribution is -0.0217. The number of rotatable bonds is 6. The number of pyridine rings is 2. The van der Waals surface area contributed by atoms with E-state index < -0.39 is 17.8 Å². The molecular weight excluding hydrogens is 459 g/mol. The summed E-state index contributed by atoms with van der Waals surface area (Å²) in [4.78, 5) is 8.87. The van der Waals surface area contributed by atoms with E-state index >= 15 is 0 Å². The molecule has 0 unspecified atom stereocenters. The van der Waals surface area contributed by atoms with Gasteiger partial charge in [-0.15, -0.1) is 5.10 Å². The van der Waals surface area contributed by atoms with Crippen LogP contribution in [0.1, 0.15) is 18.5 Å². The molecule has 1 atom stereocenters. The molecule has 0 bridgehead atoms. The van der Waals surface area contributed by atoms with Crippen molar-refractivity contribution < 1.29 is 17.9 Å². The van der Waals surface area contributed by atoms with Crippen molar-refractivity contribution in [2.45, 2.75) is 18.9 Å². The van der Waals surface area contributed by atoms with Gasteiger partial charge in [0.25, 0.3) is 5.92 Å². The summed E-state index contributed by atoms with van der Waals surface area (Å²) < 4.78 is 50.6. The predicted molar refractivity (Wildman–Crippen MR) is 124 cm³/mol. The van der Waals surface area contributed by atoms with Crippen LogP contribution in [0.5, 0.6) is 5.75 Å². The number of methoxy groups -OCH3 is 1. The third-order valence-corrected chi connectivity index (χ3v) is 5.53. The number of ether oxygens (including phenoxy) is 1. The van der Waals surface area contributed by atoms with Gasteiger partial charge in [-0.2, -0.15) is 10.1 Å². The maximum absolute atomic E-state index is 14.6. The number of alkyl halides is 2. The van der Waals surface area contributed by atoms with Crippen molar-refractivity contribution in [2.75, 3.05) is 12.8 Å². The first kappa shape index (κ1) is 22.4. The maximum Gasteiger partial charge on any atom is 0.271 e. The summed E-state index contributed by atoms with van der Waals surface area (Å²) in [5.41, 5.74) is 8.75. The summed E-state index contributed by atoms with van der Waals surface area (Å²) >= 11 is 0. The van der Waals surface area contributed by atoms with Gasteiger partial charge in [0.05, 0.1) is 30.9 Å². The summed E-state index contributed by atoms with van der Waals surface area (Å²) in [7, 11) is 1.53. The number of nitrogens with two attached hydrogens (primary N) is 1. The lowest BCUT2D eigenvalue weighted by Gasteiger charge is -2.24. The van der Waals surface area contributed by atoms with Gasteiger partial charge in [-0.25, -0.2) is 22.7 Å². The van der Waals surface area contributed by atoms with Gasteiger partial charge in [0.1, 0.15) is 17.6 Å². The van der Waals surface area contributed by atoms with Gasteiger partial charge < -0.3 is 10.5 Å². The van der Waals surface area contributed by atoms with Crippen LogP contribution in [0.15, 0.2) is 67.1 Å². The quantitative estimate of drug-likeness (QED) is 0.382. The molecule has 0 aliphatic heterocycles. The van der Waals surface area contributed by atoms with Gasteiger partial charge in [0, 0.05) is 24.2 Å². The molecule has 0 aliphatic rings. The van der Waals surface area contributed by atoms with Crippen molar-refractivity contribution in [2.24, 2.45) is 0 Å². The number of fused-ring (bicyclic) bond motifs is 1. The molecule has 8 nitrogen and oxygen atoms in total. The van der Waals surface area contributed by atoms with E-state index in [0.717, 1.165) is 19.1 Å². The first-order valence-corrected chi connectivity index (χ1v) is 10.6. The van der Waals surface area contributed by atoms with Gasteiger partial charge in [-0.05, 0) is 35.9 Å². The van der Waals surface area contributed by atoms with E-state index in [0.29, 0.717) is 33.9 Å². The van der Waals surface area contributed by atoms with Crippen LogP contribution in [-0.4, -0.2) is 42.4 Å². The van der Waals surface area contributed by atoms with Crippen molar-refractivity contribution in [3.63, 3.8) is 0 Å². The van der Waals surface area contributed by atoms with Crippen LogP contribution in [0, 0.1) is 5.82 Å². The van der Waals surface area contributed by atoms with E-state index in [4.69, 9.17) is 15.5 Å². The van der Waals surface area contributed by atoms with Crippen molar-refractivity contribution in [1.29, 1.82) is 0 Å². The van der Waals surface area contributed by atoms with Crippen LogP contribution in [0.2, 0.25) is 0 Å². The molecule has 178 valence electrons. The third kappa shape index (κ3) is 4.27. The number of hydrogen-bond donors (Lipinski definition) is 1. The molecule has 0 aliphatic carbocycles. The minimum atomic E-state index is -3.15. The number of halogens is 3. The molecular formula is C24H20F3N7O. The Morgan fingerprint density at radius 1 is 1.03 bits per heavy atom. The van der Waals surface area contributed by atoms with E-state index in [-0.39, 0.29) is 11.5 Å². The molecule has 0 fully saturated rings. The Labute approximate surface area is 197 Å². The van der Waals surface area contributed by atoms with Gasteiger partial charge in [-0.1, -0.05) is 18.2 Å². The molecule has 0 amide bonds. The van der Waals surface area contributed by atoms with Crippen LogP contribution >= 0.6 is 0 Å². The molecule has 1 aromatic carbocycles. The zero-order valence-corrected chi connectivity index (χ0v) is 18.7. The third-order valence-electron chi connectivity index (χ3n) is 5.53. The maximum atomic E-state index is 14.6. The highest BCUT2D eigenvalue weighted by Gasteiger charge is 2.37. The zero-order chi connectivity index (χ0) is 24.7. The Morgan fingerprint density at radius 2 is 1.77 bits per heavy atom. The normalized spacial score (nSPS) is 12.7. The van der Waals surface area contributed by atoms with Crippen LogP contribution < -0.4 is 10.5 Å². The Balaban J connectivity index is 1.54. The Morgan fingerprint density at radius 3 is 2.49 bits per heavy atom. The number of nitrogen functional groups attached to an aromatic ring is 1. The molecule has 5 aromatic rings. The fraction of sp³-hybridized carbons (Fsp3) is 0.167. The number of nitrogens with zero attached hydrogens (tertiary/aromatic N) is 6. The van der Waals surface area contributed by atoms with Crippen LogP contribution in [0.4, 0.5) is 19.1 Å². The fourth-order valence-corrected chi connectivity index (χ4v) is 3.97. The Hall–Kier alpha value is -4.41. The van der Waals surface area contributed by atoms with Crippen LogP contribution in [0.25, 0.3) is 28.2 Å². The van der Waals surface area contributed by atoms with Crippen molar-refractivity contribution in [3.8, 4) is 28.3 Å². The fourth-order valence-electron chi connectivity index (χ4n) is 3.97. The zero-order valence-electron chi connectivity index (χ0n) is 18.7. The van der Waals surface area contributed by atoms with E-state index in [9.17, 15) is 13.2 Å². The summed E-state index contributed by atoms with van der Waals surface area (Å²) in [5, 5.41) is 8.26. The number of anilines is 1. The average Bonchev–Trinajstić information content (AvgIpc) is 3.44. The van der Waals surface area contributed by atoms with Crippen LogP contribution in [-0.2, 0) is 0 Å². The Bertz CT molecular complexity index is 1510.